The van der Waals surface area contributed by atoms with Crippen LogP contribution >= 0.6 is 0 Å². The van der Waals surface area contributed by atoms with Crippen LogP contribution in [0.15, 0.2) is 0 Å². The zero-order valence-corrected chi connectivity index (χ0v) is 8.03. The number of amides is 2. The highest BCUT2D eigenvalue weighted by atomic mass is 16.2. The Labute approximate surface area is 82.6 Å². The van der Waals surface area contributed by atoms with Gasteiger partial charge in [0.05, 0.1) is 11.8 Å². The van der Waals surface area contributed by atoms with Crippen LogP contribution in [0.25, 0.3) is 0 Å². The van der Waals surface area contributed by atoms with Gasteiger partial charge in [-0.15, -0.1) is 0 Å². The van der Waals surface area contributed by atoms with E-state index in [4.69, 9.17) is 0 Å². The molecular formula is C10H14N2O2. The maximum atomic E-state index is 11.8. The first-order valence-electron chi connectivity index (χ1n) is 5.33. The summed E-state index contributed by atoms with van der Waals surface area (Å²) in [6.07, 6.45) is 2.37. The number of hydrogen-bond acceptors (Lipinski definition) is 3. The molecule has 4 heteroatoms. The Bertz CT molecular complexity index is 276. The Balaban J connectivity index is 1.78. The summed E-state index contributed by atoms with van der Waals surface area (Å²) in [5.41, 5.74) is 0. The molecule has 2 aliphatic heterocycles. The van der Waals surface area contributed by atoms with E-state index in [1.54, 1.807) is 0 Å². The third-order valence-corrected chi connectivity index (χ3v) is 3.52. The van der Waals surface area contributed by atoms with Crippen LogP contribution in [0.1, 0.15) is 12.8 Å². The van der Waals surface area contributed by atoms with Crippen LogP contribution in [-0.2, 0) is 9.59 Å². The zero-order valence-electron chi connectivity index (χ0n) is 8.03. The van der Waals surface area contributed by atoms with Gasteiger partial charge < -0.3 is 5.32 Å². The normalized spacial score (nSPS) is 36.7. The molecule has 4 nitrogen and oxygen atoms in total. The van der Waals surface area contributed by atoms with Crippen molar-refractivity contribution < 1.29 is 9.59 Å². The molecule has 1 N–H and O–H groups in total. The summed E-state index contributed by atoms with van der Waals surface area (Å²) in [5, 5.41) is 3.11. The number of carbonyl (C=O) groups excluding carboxylic acids is 2. The average molecular weight is 194 g/mol. The third-order valence-electron chi connectivity index (χ3n) is 3.52. The molecular weight excluding hydrogens is 180 g/mol. The van der Waals surface area contributed by atoms with Gasteiger partial charge in [0.25, 0.3) is 0 Å². The molecule has 0 unspecified atom stereocenters. The number of nitrogens with one attached hydrogen (secondary N) is 1. The number of rotatable bonds is 2. The van der Waals surface area contributed by atoms with Crippen molar-refractivity contribution in [3.63, 3.8) is 0 Å². The standard InChI is InChI=1S/C10H14N2O2/c13-9-7-3-11-4-8(7)10(14)12(9)5-6-1-2-6/h6-8,11H,1-5H2/t7-,8-/m1/s1. The minimum Gasteiger partial charge on any atom is -0.315 e. The SMILES string of the molecule is O=C1[C@@H]2CNC[C@H]2C(=O)N1CC1CC1. The summed E-state index contributed by atoms with van der Waals surface area (Å²) in [6.45, 7) is 2.07. The van der Waals surface area contributed by atoms with Crippen LogP contribution < -0.4 is 5.32 Å². The molecule has 3 aliphatic rings. The molecule has 1 saturated carbocycles. The van der Waals surface area contributed by atoms with E-state index in [1.807, 2.05) is 0 Å². The largest absolute Gasteiger partial charge is 0.315 e. The Morgan fingerprint density at radius 1 is 1.14 bits per heavy atom. The van der Waals surface area contributed by atoms with Crippen molar-refractivity contribution in [3.05, 3.63) is 0 Å². The highest BCUT2D eigenvalue weighted by Gasteiger charge is 2.50. The molecule has 0 radical (unpaired) electrons. The first-order chi connectivity index (χ1) is 6.77. The summed E-state index contributed by atoms with van der Waals surface area (Å²) in [6, 6.07) is 0. The molecule has 2 saturated heterocycles. The lowest BCUT2D eigenvalue weighted by atomic mass is 10.00. The van der Waals surface area contributed by atoms with Crippen molar-refractivity contribution in [2.45, 2.75) is 12.8 Å². The fraction of sp³-hybridized carbons (Fsp3) is 0.800. The van der Waals surface area contributed by atoms with E-state index in [0.717, 1.165) is 0 Å². The first-order valence-corrected chi connectivity index (χ1v) is 5.33. The number of imide groups is 1. The van der Waals surface area contributed by atoms with Crippen LogP contribution in [-0.4, -0.2) is 36.3 Å². The lowest BCUT2D eigenvalue weighted by Crippen LogP contribution is -2.36. The molecule has 0 spiro atoms. The predicted molar refractivity (Wildman–Crippen MR) is 49.3 cm³/mol. The molecule has 2 heterocycles. The van der Waals surface area contributed by atoms with Gasteiger partial charge in [0, 0.05) is 19.6 Å². The van der Waals surface area contributed by atoms with Crippen molar-refractivity contribution >= 4 is 11.8 Å². The van der Waals surface area contributed by atoms with Gasteiger partial charge in [-0.25, -0.2) is 0 Å². The van der Waals surface area contributed by atoms with Crippen LogP contribution in [0.2, 0.25) is 0 Å². The van der Waals surface area contributed by atoms with E-state index in [2.05, 4.69) is 5.32 Å². The molecule has 14 heavy (non-hydrogen) atoms. The zero-order chi connectivity index (χ0) is 9.71. The fourth-order valence-corrected chi connectivity index (χ4v) is 2.45. The Kier molecular flexibility index (Phi) is 1.68. The van der Waals surface area contributed by atoms with Gasteiger partial charge in [-0.3, -0.25) is 14.5 Å². The van der Waals surface area contributed by atoms with Crippen LogP contribution in [0, 0.1) is 17.8 Å². The molecule has 1 aliphatic carbocycles. The Morgan fingerprint density at radius 3 is 2.21 bits per heavy atom. The quantitative estimate of drug-likeness (QED) is 0.609. The van der Waals surface area contributed by atoms with Crippen LogP contribution in [0.5, 0.6) is 0 Å². The number of hydrogen-bond donors (Lipinski definition) is 1. The monoisotopic (exact) mass is 194 g/mol. The highest BCUT2D eigenvalue weighted by Crippen LogP contribution is 2.35. The average Bonchev–Trinajstić information content (AvgIpc) is 2.80. The van der Waals surface area contributed by atoms with Crippen molar-refractivity contribution in [3.8, 4) is 0 Å². The third kappa shape index (κ3) is 1.10. The van der Waals surface area contributed by atoms with Gasteiger partial charge in [-0.1, -0.05) is 0 Å². The maximum absolute atomic E-state index is 11.8. The Morgan fingerprint density at radius 2 is 1.71 bits per heavy atom. The first kappa shape index (κ1) is 8.41. The molecule has 0 bridgehead atoms. The lowest BCUT2D eigenvalue weighted by Gasteiger charge is -2.14. The van der Waals surface area contributed by atoms with Gasteiger partial charge in [0.1, 0.15) is 0 Å². The van der Waals surface area contributed by atoms with E-state index >= 15 is 0 Å². The second-order valence-electron chi connectivity index (χ2n) is 4.60. The molecule has 0 aromatic rings. The second-order valence-corrected chi connectivity index (χ2v) is 4.60. The second kappa shape index (κ2) is 2.79. The minimum atomic E-state index is -0.0544. The van der Waals surface area contributed by atoms with Crippen molar-refractivity contribution in [1.82, 2.24) is 10.2 Å². The summed E-state index contributed by atoms with van der Waals surface area (Å²) >= 11 is 0. The summed E-state index contributed by atoms with van der Waals surface area (Å²) in [5.74, 6) is 0.631. The van der Waals surface area contributed by atoms with Crippen molar-refractivity contribution in [2.75, 3.05) is 19.6 Å². The van der Waals surface area contributed by atoms with Gasteiger partial charge >= 0.3 is 0 Å². The topological polar surface area (TPSA) is 49.4 Å². The van der Waals surface area contributed by atoms with Crippen molar-refractivity contribution in [2.24, 2.45) is 17.8 Å². The number of nitrogens with zero attached hydrogens (tertiary/aromatic N) is 1. The predicted octanol–water partition coefficient (Wildman–Crippen LogP) is -0.399. The van der Waals surface area contributed by atoms with Gasteiger partial charge in [0.2, 0.25) is 11.8 Å². The maximum Gasteiger partial charge on any atom is 0.234 e. The van der Waals surface area contributed by atoms with Crippen molar-refractivity contribution in [1.29, 1.82) is 0 Å². The van der Waals surface area contributed by atoms with E-state index in [9.17, 15) is 9.59 Å². The fourth-order valence-electron chi connectivity index (χ4n) is 2.45. The van der Waals surface area contributed by atoms with E-state index in [1.165, 1.54) is 17.7 Å². The Hall–Kier alpha value is -0.900. The molecule has 2 atom stereocenters. The van der Waals surface area contributed by atoms with Crippen LogP contribution in [0.3, 0.4) is 0 Å². The summed E-state index contributed by atoms with van der Waals surface area (Å²) in [4.78, 5) is 25.2. The molecule has 0 aromatic heterocycles. The molecule has 0 aromatic carbocycles. The molecule has 2 amide bonds. The molecule has 3 rings (SSSR count). The minimum absolute atomic E-state index is 0.0544. The molecule has 3 fully saturated rings. The van der Waals surface area contributed by atoms with E-state index < -0.39 is 0 Å². The number of carbonyl (C=O) groups is 2. The number of likely N-dealkylation sites (tertiary alicyclic amines) is 1. The van der Waals surface area contributed by atoms with Crippen LogP contribution in [0.4, 0.5) is 0 Å². The van der Waals surface area contributed by atoms with E-state index in [0.29, 0.717) is 25.6 Å². The van der Waals surface area contributed by atoms with Gasteiger partial charge in [-0.05, 0) is 18.8 Å². The smallest absolute Gasteiger partial charge is 0.234 e. The lowest BCUT2D eigenvalue weighted by molar-refractivity contribution is -0.140. The van der Waals surface area contributed by atoms with Gasteiger partial charge in [-0.2, -0.15) is 0 Å². The summed E-state index contributed by atoms with van der Waals surface area (Å²) in [7, 11) is 0. The number of fused-ring (bicyclic) bond motifs is 1. The summed E-state index contributed by atoms with van der Waals surface area (Å²) < 4.78 is 0. The molecule has 76 valence electrons. The highest BCUT2D eigenvalue weighted by molar-refractivity contribution is 6.05. The van der Waals surface area contributed by atoms with Gasteiger partial charge in [0.15, 0.2) is 0 Å². The van der Waals surface area contributed by atoms with E-state index in [-0.39, 0.29) is 23.7 Å².